The fraction of sp³-hybridized carbons (Fsp3) is 0. The average Bonchev–Trinajstić information content (AvgIpc) is 2.91. The van der Waals surface area contributed by atoms with Crippen LogP contribution < -0.4 is 20.9 Å². The molecule has 4 N–H and O–H groups in total. The average molecular weight is 584 g/mol. The van der Waals surface area contributed by atoms with Gasteiger partial charge in [0.15, 0.2) is 0 Å². The second kappa shape index (κ2) is 10.6. The fourth-order valence-electron chi connectivity index (χ4n) is 3.70. The highest BCUT2D eigenvalue weighted by molar-refractivity contribution is 7.99. The van der Waals surface area contributed by atoms with Crippen LogP contribution >= 0.6 is 35.0 Å². The number of hydrazine groups is 1. The van der Waals surface area contributed by atoms with Crippen molar-refractivity contribution in [3.05, 3.63) is 113 Å². The molecule has 7 nitrogen and oxygen atoms in total. The Hall–Kier alpha value is -3.63. The van der Waals surface area contributed by atoms with Crippen molar-refractivity contribution in [1.29, 1.82) is 0 Å². The molecule has 0 aromatic heterocycles. The second-order valence-electron chi connectivity index (χ2n) is 8.22. The van der Waals surface area contributed by atoms with Gasteiger partial charge in [0.25, 0.3) is 15.9 Å². The van der Waals surface area contributed by atoms with Crippen LogP contribution in [0.4, 0.5) is 17.1 Å². The Bertz CT molecular complexity index is 1690. The zero-order valence-corrected chi connectivity index (χ0v) is 22.7. The number of nitrogens with one attached hydrogen (secondary N) is 4. The van der Waals surface area contributed by atoms with Gasteiger partial charge < -0.3 is 5.32 Å². The molecule has 1 aliphatic rings. The number of amides is 1. The SMILES string of the molecule is C=C(NNC(=O)c1ccc(Cl)c(S(=O)(=O)Nc2ccccc2Cl)c1)c1ccc2c(c1)Nc1ccccc1S2. The molecule has 38 heavy (non-hydrogen) atoms. The Morgan fingerprint density at radius 1 is 0.789 bits per heavy atom. The maximum atomic E-state index is 13.0. The molecule has 0 radical (unpaired) electrons. The molecule has 0 saturated heterocycles. The van der Waals surface area contributed by atoms with Crippen molar-refractivity contribution >= 4 is 73.7 Å². The summed E-state index contributed by atoms with van der Waals surface area (Å²) < 4.78 is 28.3. The molecule has 0 fully saturated rings. The van der Waals surface area contributed by atoms with Gasteiger partial charge in [-0.1, -0.05) is 71.9 Å². The van der Waals surface area contributed by atoms with Gasteiger partial charge in [-0.2, -0.15) is 0 Å². The van der Waals surface area contributed by atoms with E-state index in [0.29, 0.717) is 5.70 Å². The van der Waals surface area contributed by atoms with E-state index < -0.39 is 15.9 Å². The quantitative estimate of drug-likeness (QED) is 0.156. The van der Waals surface area contributed by atoms with Crippen LogP contribution in [0.3, 0.4) is 0 Å². The van der Waals surface area contributed by atoms with Crippen LogP contribution in [0.25, 0.3) is 5.70 Å². The third kappa shape index (κ3) is 5.46. The van der Waals surface area contributed by atoms with E-state index in [1.807, 2.05) is 36.4 Å². The van der Waals surface area contributed by atoms with Gasteiger partial charge in [-0.05, 0) is 54.6 Å². The summed E-state index contributed by atoms with van der Waals surface area (Å²) in [6.45, 7) is 4.01. The number of fused-ring (bicyclic) bond motifs is 2. The lowest BCUT2D eigenvalue weighted by molar-refractivity contribution is 0.0942. The first-order valence-corrected chi connectivity index (χ1v) is 14.3. The molecule has 4 aromatic rings. The number of carbonyl (C=O) groups excluding carboxylic acids is 1. The minimum absolute atomic E-state index is 0.0422. The number of carbonyl (C=O) groups is 1. The summed E-state index contributed by atoms with van der Waals surface area (Å²) in [6.07, 6.45) is 0. The summed E-state index contributed by atoms with van der Waals surface area (Å²) in [6, 6.07) is 24.2. The van der Waals surface area contributed by atoms with Crippen LogP contribution in [-0.2, 0) is 10.0 Å². The zero-order valence-electron chi connectivity index (χ0n) is 19.6. The van der Waals surface area contributed by atoms with Crippen molar-refractivity contribution in [2.45, 2.75) is 14.7 Å². The van der Waals surface area contributed by atoms with Crippen molar-refractivity contribution < 1.29 is 13.2 Å². The van der Waals surface area contributed by atoms with Crippen molar-refractivity contribution in [2.24, 2.45) is 0 Å². The molecular weight excluding hydrogens is 563 g/mol. The summed E-state index contributed by atoms with van der Waals surface area (Å²) >= 11 is 13.9. The monoisotopic (exact) mass is 582 g/mol. The molecule has 0 unspecified atom stereocenters. The number of hydrogen-bond donors (Lipinski definition) is 4. The van der Waals surface area contributed by atoms with Crippen LogP contribution in [0, 0.1) is 0 Å². The van der Waals surface area contributed by atoms with E-state index in [0.717, 1.165) is 26.7 Å². The Kier molecular flexibility index (Phi) is 7.27. The molecule has 0 aliphatic carbocycles. The van der Waals surface area contributed by atoms with E-state index in [-0.39, 0.29) is 26.2 Å². The molecule has 192 valence electrons. The first-order valence-electron chi connectivity index (χ1n) is 11.2. The van der Waals surface area contributed by atoms with Gasteiger partial charge in [0.1, 0.15) is 4.90 Å². The lowest BCUT2D eigenvalue weighted by Crippen LogP contribution is -2.36. The van der Waals surface area contributed by atoms with Gasteiger partial charge in [0.2, 0.25) is 0 Å². The van der Waals surface area contributed by atoms with Crippen molar-refractivity contribution in [3.8, 4) is 0 Å². The molecule has 0 spiro atoms. The van der Waals surface area contributed by atoms with E-state index in [9.17, 15) is 13.2 Å². The van der Waals surface area contributed by atoms with E-state index in [1.54, 1.807) is 30.0 Å². The Balaban J connectivity index is 1.28. The topological polar surface area (TPSA) is 99.3 Å². The van der Waals surface area contributed by atoms with Gasteiger partial charge in [-0.3, -0.25) is 20.4 Å². The molecule has 1 aliphatic heterocycles. The first-order chi connectivity index (χ1) is 18.2. The fourth-order valence-corrected chi connectivity index (χ4v) is 6.51. The molecular formula is C27H20Cl2N4O3S2. The highest BCUT2D eigenvalue weighted by Gasteiger charge is 2.22. The number of para-hydroxylation sites is 2. The molecule has 1 amide bonds. The van der Waals surface area contributed by atoms with Crippen LogP contribution in [0.15, 0.2) is 106 Å². The summed E-state index contributed by atoms with van der Waals surface area (Å²) in [7, 11) is -4.12. The minimum atomic E-state index is -4.12. The smallest absolute Gasteiger partial charge is 0.269 e. The number of sulfonamides is 1. The standard InChI is InChI=1S/C27H20Cl2N4O3S2/c1-16(17-11-13-25-23(14-17)30-22-8-4-5-9-24(22)37-25)31-32-27(34)18-10-12-20(29)26(15-18)38(35,36)33-21-7-3-2-6-19(21)28/h2-15,30-31,33H,1H2,(H,32,34). The summed E-state index contributed by atoms with van der Waals surface area (Å²) in [5, 5.41) is 3.60. The number of rotatable bonds is 7. The van der Waals surface area contributed by atoms with E-state index in [1.165, 1.54) is 24.3 Å². The van der Waals surface area contributed by atoms with Crippen molar-refractivity contribution in [1.82, 2.24) is 10.9 Å². The van der Waals surface area contributed by atoms with Gasteiger partial charge in [-0.15, -0.1) is 0 Å². The molecule has 0 atom stereocenters. The third-order valence-electron chi connectivity index (χ3n) is 5.63. The maximum Gasteiger partial charge on any atom is 0.269 e. The summed E-state index contributed by atoms with van der Waals surface area (Å²) in [5.74, 6) is -0.572. The van der Waals surface area contributed by atoms with Gasteiger partial charge in [0.05, 0.1) is 32.8 Å². The molecule has 4 aromatic carbocycles. The Morgan fingerprint density at radius 2 is 1.50 bits per heavy atom. The van der Waals surface area contributed by atoms with E-state index in [2.05, 4.69) is 33.5 Å². The highest BCUT2D eigenvalue weighted by atomic mass is 35.5. The van der Waals surface area contributed by atoms with Crippen molar-refractivity contribution in [3.63, 3.8) is 0 Å². The Labute approximate surface area is 234 Å². The Morgan fingerprint density at radius 3 is 2.32 bits per heavy atom. The van der Waals surface area contributed by atoms with Crippen LogP contribution in [-0.4, -0.2) is 14.3 Å². The maximum absolute atomic E-state index is 13.0. The normalized spacial score (nSPS) is 11.9. The number of anilines is 3. The van der Waals surface area contributed by atoms with E-state index >= 15 is 0 Å². The number of benzene rings is 4. The lowest BCUT2D eigenvalue weighted by atomic mass is 10.1. The minimum Gasteiger partial charge on any atom is -0.354 e. The van der Waals surface area contributed by atoms with Crippen molar-refractivity contribution in [2.75, 3.05) is 10.0 Å². The van der Waals surface area contributed by atoms with Crippen LogP contribution in [0.5, 0.6) is 0 Å². The zero-order chi connectivity index (χ0) is 26.9. The van der Waals surface area contributed by atoms with Crippen LogP contribution in [0.2, 0.25) is 10.0 Å². The largest absolute Gasteiger partial charge is 0.354 e. The second-order valence-corrected chi connectivity index (χ2v) is 11.8. The van der Waals surface area contributed by atoms with Crippen LogP contribution in [0.1, 0.15) is 15.9 Å². The van der Waals surface area contributed by atoms with Gasteiger partial charge in [0, 0.05) is 20.9 Å². The third-order valence-corrected chi connectivity index (χ3v) is 8.96. The molecule has 1 heterocycles. The molecule has 0 bridgehead atoms. The predicted octanol–water partition coefficient (Wildman–Crippen LogP) is 6.91. The van der Waals surface area contributed by atoms with E-state index in [4.69, 9.17) is 23.2 Å². The molecule has 11 heteroatoms. The lowest BCUT2D eigenvalue weighted by Gasteiger charge is -2.22. The molecule has 5 rings (SSSR count). The number of halogens is 2. The first kappa shape index (κ1) is 26.0. The van der Waals surface area contributed by atoms with Gasteiger partial charge >= 0.3 is 0 Å². The highest BCUT2D eigenvalue weighted by Crippen LogP contribution is 2.44. The summed E-state index contributed by atoms with van der Waals surface area (Å²) in [5.41, 5.74) is 8.79. The molecule has 0 saturated carbocycles. The number of hydrogen-bond acceptors (Lipinski definition) is 6. The predicted molar refractivity (Wildman–Crippen MR) is 154 cm³/mol. The summed E-state index contributed by atoms with van der Waals surface area (Å²) in [4.78, 5) is 14.8. The van der Waals surface area contributed by atoms with Gasteiger partial charge in [-0.25, -0.2) is 8.42 Å².